The third-order valence-corrected chi connectivity index (χ3v) is 2.12. The molecule has 0 aromatic heterocycles. The monoisotopic (exact) mass is 213 g/mol. The van der Waals surface area contributed by atoms with Gasteiger partial charge in [-0.2, -0.15) is 4.89 Å². The zero-order chi connectivity index (χ0) is 12.1. The minimum Gasteiger partial charge on any atom is -0.293 e. The predicted octanol–water partition coefficient (Wildman–Crippen LogP) is 3.42. The molecule has 3 nitrogen and oxygen atoms in total. The average Bonchev–Trinajstić information content (AvgIpc) is 2.13. The molecule has 3 heteroatoms. The summed E-state index contributed by atoms with van der Waals surface area (Å²) in [6, 6.07) is 0. The Labute approximate surface area is 92.4 Å². The zero-order valence-corrected chi connectivity index (χ0v) is 10.5. The normalized spacial score (nSPS) is 13.1. The van der Waals surface area contributed by atoms with Crippen molar-refractivity contribution in [3.8, 4) is 0 Å². The Kier molecular flexibility index (Phi) is 5.58. The van der Waals surface area contributed by atoms with E-state index in [2.05, 4.69) is 25.7 Å². The van der Waals surface area contributed by atoms with Crippen molar-refractivity contribution in [2.75, 3.05) is 0 Å². The topological polar surface area (TPSA) is 35.5 Å². The van der Waals surface area contributed by atoms with Crippen LogP contribution < -0.4 is 0 Å². The summed E-state index contributed by atoms with van der Waals surface area (Å²) in [6.07, 6.45) is 3.48. The molecule has 0 heterocycles. The summed E-state index contributed by atoms with van der Waals surface area (Å²) in [5.74, 6) is -0.433. The van der Waals surface area contributed by atoms with E-state index < -0.39 is 5.97 Å². The third kappa shape index (κ3) is 6.28. The maximum Gasteiger partial charge on any atom is 0.368 e. The van der Waals surface area contributed by atoms with Crippen LogP contribution in [-0.2, 0) is 14.6 Å². The van der Waals surface area contributed by atoms with Gasteiger partial charge in [0, 0.05) is 5.57 Å². The van der Waals surface area contributed by atoms with Crippen LogP contribution in [0.5, 0.6) is 0 Å². The van der Waals surface area contributed by atoms with Gasteiger partial charge in [0.1, 0.15) is 6.10 Å². The SMILES string of the molecule is CCC(C)(C)/C=C(/C)C(=O)OO[C](C)C. The molecular formula is C12H21O3. The van der Waals surface area contributed by atoms with Crippen molar-refractivity contribution in [1.82, 2.24) is 0 Å². The number of rotatable bonds is 5. The summed E-state index contributed by atoms with van der Waals surface area (Å²) in [4.78, 5) is 20.7. The van der Waals surface area contributed by atoms with E-state index in [-0.39, 0.29) is 5.41 Å². The van der Waals surface area contributed by atoms with Crippen LogP contribution in [0, 0.1) is 11.5 Å². The molecule has 0 spiro atoms. The molecule has 0 unspecified atom stereocenters. The summed E-state index contributed by atoms with van der Waals surface area (Å²) < 4.78 is 0. The van der Waals surface area contributed by atoms with E-state index in [1.54, 1.807) is 20.8 Å². The van der Waals surface area contributed by atoms with Crippen LogP contribution in [0.15, 0.2) is 11.6 Å². The molecular weight excluding hydrogens is 192 g/mol. The van der Waals surface area contributed by atoms with Gasteiger partial charge in [-0.3, -0.25) is 4.89 Å². The molecule has 87 valence electrons. The third-order valence-electron chi connectivity index (χ3n) is 2.12. The first-order valence-corrected chi connectivity index (χ1v) is 5.17. The number of allylic oxidation sites excluding steroid dienone is 1. The quantitative estimate of drug-likeness (QED) is 0.399. The van der Waals surface area contributed by atoms with Gasteiger partial charge in [0.05, 0.1) is 0 Å². The predicted molar refractivity (Wildman–Crippen MR) is 59.6 cm³/mol. The molecule has 0 atom stereocenters. The van der Waals surface area contributed by atoms with Gasteiger partial charge in [0.2, 0.25) is 0 Å². The molecule has 0 amide bonds. The van der Waals surface area contributed by atoms with Crippen molar-refractivity contribution in [1.29, 1.82) is 0 Å². The lowest BCUT2D eigenvalue weighted by Crippen LogP contribution is -2.12. The Balaban J connectivity index is 4.31. The summed E-state index contributed by atoms with van der Waals surface area (Å²) >= 11 is 0. The van der Waals surface area contributed by atoms with E-state index >= 15 is 0 Å². The molecule has 1 radical (unpaired) electrons. The molecule has 0 aliphatic heterocycles. The minimum absolute atomic E-state index is 0.00801. The van der Waals surface area contributed by atoms with E-state index in [1.807, 2.05) is 6.08 Å². The summed E-state index contributed by atoms with van der Waals surface area (Å²) in [6.45, 7) is 11.4. The first-order valence-electron chi connectivity index (χ1n) is 5.17. The van der Waals surface area contributed by atoms with E-state index in [9.17, 15) is 4.79 Å². The van der Waals surface area contributed by atoms with Crippen LogP contribution in [0.2, 0.25) is 0 Å². The summed E-state index contributed by atoms with van der Waals surface area (Å²) in [5, 5.41) is 0. The van der Waals surface area contributed by atoms with Crippen LogP contribution in [0.25, 0.3) is 0 Å². The van der Waals surface area contributed by atoms with Crippen molar-refractivity contribution in [3.63, 3.8) is 0 Å². The highest BCUT2D eigenvalue weighted by Gasteiger charge is 2.16. The fraction of sp³-hybridized carbons (Fsp3) is 0.667. The lowest BCUT2D eigenvalue weighted by atomic mass is 9.88. The van der Waals surface area contributed by atoms with Crippen molar-refractivity contribution < 1.29 is 14.6 Å². The maximum absolute atomic E-state index is 11.4. The van der Waals surface area contributed by atoms with Crippen molar-refractivity contribution in [2.24, 2.45) is 5.41 Å². The Hall–Kier alpha value is -0.830. The van der Waals surface area contributed by atoms with Gasteiger partial charge in [-0.1, -0.05) is 26.8 Å². The Morgan fingerprint density at radius 3 is 2.13 bits per heavy atom. The zero-order valence-electron chi connectivity index (χ0n) is 10.5. The van der Waals surface area contributed by atoms with Crippen molar-refractivity contribution >= 4 is 5.97 Å². The molecule has 0 saturated carbocycles. The molecule has 0 N–H and O–H groups in total. The maximum atomic E-state index is 11.4. The fourth-order valence-corrected chi connectivity index (χ4v) is 0.934. The number of hydrogen-bond acceptors (Lipinski definition) is 3. The van der Waals surface area contributed by atoms with Crippen LogP contribution in [-0.4, -0.2) is 5.97 Å². The van der Waals surface area contributed by atoms with Gasteiger partial charge in [-0.15, -0.1) is 0 Å². The molecule has 0 aromatic carbocycles. The van der Waals surface area contributed by atoms with E-state index in [0.29, 0.717) is 11.7 Å². The second kappa shape index (κ2) is 5.91. The molecule has 15 heavy (non-hydrogen) atoms. The van der Waals surface area contributed by atoms with Gasteiger partial charge >= 0.3 is 5.97 Å². The highest BCUT2D eigenvalue weighted by atomic mass is 17.2. The van der Waals surface area contributed by atoms with Gasteiger partial charge in [0.15, 0.2) is 0 Å². The van der Waals surface area contributed by atoms with Gasteiger partial charge in [-0.25, -0.2) is 4.79 Å². The second-order valence-electron chi connectivity index (χ2n) is 4.53. The van der Waals surface area contributed by atoms with Crippen LogP contribution in [0.4, 0.5) is 0 Å². The van der Waals surface area contributed by atoms with Crippen LogP contribution in [0.1, 0.15) is 48.0 Å². The number of carbonyl (C=O) groups is 1. The van der Waals surface area contributed by atoms with Gasteiger partial charge < -0.3 is 0 Å². The number of carbonyl (C=O) groups excluding carboxylic acids is 1. The van der Waals surface area contributed by atoms with Gasteiger partial charge in [-0.05, 0) is 32.6 Å². The Bertz CT molecular complexity index is 239. The average molecular weight is 213 g/mol. The first kappa shape index (κ1) is 14.2. The molecule has 0 aliphatic carbocycles. The smallest absolute Gasteiger partial charge is 0.293 e. The van der Waals surface area contributed by atoms with Gasteiger partial charge in [0.25, 0.3) is 0 Å². The summed E-state index contributed by atoms with van der Waals surface area (Å²) in [5.41, 5.74) is 0.580. The molecule has 0 fully saturated rings. The van der Waals surface area contributed by atoms with Crippen molar-refractivity contribution in [2.45, 2.75) is 48.0 Å². The standard InChI is InChI=1S/C12H21O3/c1-7-12(5,6)8-10(4)11(13)15-14-9(2)3/h8H,7H2,1-6H3/b10-8-. The Morgan fingerprint density at radius 2 is 1.73 bits per heavy atom. The highest BCUT2D eigenvalue weighted by Crippen LogP contribution is 2.23. The van der Waals surface area contributed by atoms with E-state index in [0.717, 1.165) is 6.42 Å². The highest BCUT2D eigenvalue weighted by molar-refractivity contribution is 5.87. The molecule has 0 bridgehead atoms. The largest absolute Gasteiger partial charge is 0.368 e. The Morgan fingerprint density at radius 1 is 1.20 bits per heavy atom. The second-order valence-corrected chi connectivity index (χ2v) is 4.53. The molecule has 0 aromatic rings. The van der Waals surface area contributed by atoms with Crippen LogP contribution >= 0.6 is 0 Å². The molecule has 0 saturated heterocycles. The lowest BCUT2D eigenvalue weighted by Gasteiger charge is -2.18. The van der Waals surface area contributed by atoms with E-state index in [4.69, 9.17) is 4.89 Å². The minimum atomic E-state index is -0.433. The number of hydrogen-bond donors (Lipinski definition) is 0. The first-order chi connectivity index (χ1) is 6.78. The van der Waals surface area contributed by atoms with Crippen LogP contribution in [0.3, 0.4) is 0 Å². The summed E-state index contributed by atoms with van der Waals surface area (Å²) in [7, 11) is 0. The molecule has 0 rings (SSSR count). The lowest BCUT2D eigenvalue weighted by molar-refractivity contribution is -0.259. The fourth-order valence-electron chi connectivity index (χ4n) is 0.934. The van der Waals surface area contributed by atoms with Crippen molar-refractivity contribution in [3.05, 3.63) is 17.8 Å². The molecule has 0 aliphatic rings. The van der Waals surface area contributed by atoms with E-state index in [1.165, 1.54) is 0 Å².